The summed E-state index contributed by atoms with van der Waals surface area (Å²) >= 11 is 5.72. The van der Waals surface area contributed by atoms with Crippen LogP contribution in [0.5, 0.6) is 11.5 Å². The third kappa shape index (κ3) is 2.72. The zero-order valence-electron chi connectivity index (χ0n) is 10.6. The standard InChI is InChI=1S/C14H11ClFNO3/c1-9-4-2-7-12(13(9)17(18)19)20-14-10(8-15)5-3-6-11(14)16/h2-7H,8H2,1H3. The maximum Gasteiger partial charge on any atom is 0.314 e. The lowest BCUT2D eigenvalue weighted by molar-refractivity contribution is -0.386. The number of aryl methyl sites for hydroxylation is 1. The van der Waals surface area contributed by atoms with Crippen molar-refractivity contribution in [3.8, 4) is 11.5 Å². The van der Waals surface area contributed by atoms with Gasteiger partial charge >= 0.3 is 5.69 Å². The maximum atomic E-state index is 13.8. The Labute approximate surface area is 119 Å². The van der Waals surface area contributed by atoms with Gasteiger partial charge in [-0.3, -0.25) is 10.1 Å². The first-order valence-electron chi connectivity index (χ1n) is 5.79. The Morgan fingerprint density at radius 1 is 1.30 bits per heavy atom. The van der Waals surface area contributed by atoms with Crippen molar-refractivity contribution < 1.29 is 14.1 Å². The lowest BCUT2D eigenvalue weighted by Crippen LogP contribution is -1.99. The van der Waals surface area contributed by atoms with E-state index in [0.29, 0.717) is 11.1 Å². The molecule has 6 heteroatoms. The lowest BCUT2D eigenvalue weighted by atomic mass is 10.2. The molecular weight excluding hydrogens is 285 g/mol. The Bertz CT molecular complexity index is 661. The molecule has 0 N–H and O–H groups in total. The first kappa shape index (κ1) is 14.3. The molecule has 0 bridgehead atoms. The van der Waals surface area contributed by atoms with Crippen molar-refractivity contribution in [3.63, 3.8) is 0 Å². The van der Waals surface area contributed by atoms with Gasteiger partial charge in [0.1, 0.15) is 0 Å². The summed E-state index contributed by atoms with van der Waals surface area (Å²) in [5, 5.41) is 11.1. The number of alkyl halides is 1. The number of hydrogen-bond acceptors (Lipinski definition) is 3. The average molecular weight is 296 g/mol. The van der Waals surface area contributed by atoms with E-state index >= 15 is 0 Å². The van der Waals surface area contributed by atoms with Gasteiger partial charge in [0.2, 0.25) is 5.75 Å². The van der Waals surface area contributed by atoms with E-state index in [4.69, 9.17) is 16.3 Å². The van der Waals surface area contributed by atoms with E-state index in [1.165, 1.54) is 18.2 Å². The Kier molecular flexibility index (Phi) is 4.20. The predicted octanol–water partition coefficient (Wildman–Crippen LogP) is 4.57. The van der Waals surface area contributed by atoms with Crippen LogP contribution in [0.15, 0.2) is 36.4 Å². The van der Waals surface area contributed by atoms with Crippen LogP contribution in [0.2, 0.25) is 0 Å². The highest BCUT2D eigenvalue weighted by Gasteiger charge is 2.21. The number of nitro groups is 1. The minimum absolute atomic E-state index is 0.00790. The summed E-state index contributed by atoms with van der Waals surface area (Å²) in [5.74, 6) is -0.659. The number of benzene rings is 2. The van der Waals surface area contributed by atoms with Crippen molar-refractivity contribution in [1.29, 1.82) is 0 Å². The molecule has 2 aromatic carbocycles. The van der Waals surface area contributed by atoms with Gasteiger partial charge in [-0.15, -0.1) is 11.6 Å². The maximum absolute atomic E-state index is 13.8. The zero-order valence-corrected chi connectivity index (χ0v) is 11.4. The largest absolute Gasteiger partial charge is 0.447 e. The normalized spacial score (nSPS) is 10.3. The molecule has 0 amide bonds. The van der Waals surface area contributed by atoms with E-state index in [1.807, 2.05) is 0 Å². The van der Waals surface area contributed by atoms with Crippen molar-refractivity contribution >= 4 is 17.3 Å². The summed E-state index contributed by atoms with van der Waals surface area (Å²) in [6.45, 7) is 1.59. The summed E-state index contributed by atoms with van der Waals surface area (Å²) in [6, 6.07) is 8.95. The number of nitrogens with zero attached hydrogens (tertiary/aromatic N) is 1. The van der Waals surface area contributed by atoms with Crippen LogP contribution < -0.4 is 4.74 Å². The van der Waals surface area contributed by atoms with Gasteiger partial charge in [0.15, 0.2) is 11.6 Å². The topological polar surface area (TPSA) is 52.4 Å². The third-order valence-electron chi connectivity index (χ3n) is 2.79. The monoisotopic (exact) mass is 295 g/mol. The fourth-order valence-electron chi connectivity index (χ4n) is 1.83. The molecule has 0 unspecified atom stereocenters. The molecule has 0 aliphatic carbocycles. The van der Waals surface area contributed by atoms with E-state index in [1.54, 1.807) is 25.1 Å². The third-order valence-corrected chi connectivity index (χ3v) is 3.08. The fourth-order valence-corrected chi connectivity index (χ4v) is 2.04. The summed E-state index contributed by atoms with van der Waals surface area (Å²) in [6.07, 6.45) is 0. The summed E-state index contributed by atoms with van der Waals surface area (Å²) in [4.78, 5) is 10.5. The number of halogens is 2. The van der Waals surface area contributed by atoms with Crippen LogP contribution in [0.25, 0.3) is 0 Å². The van der Waals surface area contributed by atoms with E-state index < -0.39 is 10.7 Å². The Morgan fingerprint density at radius 3 is 2.65 bits per heavy atom. The summed E-state index contributed by atoms with van der Waals surface area (Å²) in [7, 11) is 0. The molecule has 0 saturated carbocycles. The van der Waals surface area contributed by atoms with Gasteiger partial charge in [-0.25, -0.2) is 4.39 Å². The summed E-state index contributed by atoms with van der Waals surface area (Å²) < 4.78 is 19.2. The predicted molar refractivity (Wildman–Crippen MR) is 73.9 cm³/mol. The smallest absolute Gasteiger partial charge is 0.314 e. The number of rotatable bonds is 4. The quantitative estimate of drug-likeness (QED) is 0.471. The van der Waals surface area contributed by atoms with Crippen LogP contribution >= 0.6 is 11.6 Å². The van der Waals surface area contributed by atoms with Crippen LogP contribution in [-0.2, 0) is 5.88 Å². The highest BCUT2D eigenvalue weighted by Crippen LogP contribution is 2.36. The van der Waals surface area contributed by atoms with Gasteiger partial charge in [-0.1, -0.05) is 24.3 Å². The van der Waals surface area contributed by atoms with Gasteiger partial charge < -0.3 is 4.74 Å². The molecule has 0 atom stereocenters. The molecule has 0 spiro atoms. The number of para-hydroxylation sites is 2. The lowest BCUT2D eigenvalue weighted by Gasteiger charge is -2.11. The molecule has 0 aromatic heterocycles. The van der Waals surface area contributed by atoms with E-state index in [2.05, 4.69) is 0 Å². The van der Waals surface area contributed by atoms with Crippen molar-refractivity contribution in [2.75, 3.05) is 0 Å². The highest BCUT2D eigenvalue weighted by atomic mass is 35.5. The average Bonchev–Trinajstić information content (AvgIpc) is 2.40. The molecule has 0 saturated heterocycles. The van der Waals surface area contributed by atoms with Gasteiger partial charge in [-0.2, -0.15) is 0 Å². The first-order valence-corrected chi connectivity index (χ1v) is 6.33. The van der Waals surface area contributed by atoms with Gasteiger partial charge in [-0.05, 0) is 19.1 Å². The molecule has 0 radical (unpaired) electrons. The molecule has 0 aliphatic heterocycles. The Balaban J connectivity index is 2.51. The molecule has 0 fully saturated rings. The van der Waals surface area contributed by atoms with Crippen LogP contribution in [0.3, 0.4) is 0 Å². The van der Waals surface area contributed by atoms with E-state index in [-0.39, 0.29) is 23.1 Å². The Hall–Kier alpha value is -2.14. The molecule has 104 valence electrons. The Morgan fingerprint density at radius 2 is 2.00 bits per heavy atom. The highest BCUT2D eigenvalue weighted by molar-refractivity contribution is 6.17. The van der Waals surface area contributed by atoms with Gasteiger partial charge in [0.05, 0.1) is 10.8 Å². The van der Waals surface area contributed by atoms with Gasteiger partial charge in [0.25, 0.3) is 0 Å². The minimum Gasteiger partial charge on any atom is -0.447 e. The van der Waals surface area contributed by atoms with Crippen LogP contribution in [0.1, 0.15) is 11.1 Å². The van der Waals surface area contributed by atoms with E-state index in [9.17, 15) is 14.5 Å². The molecule has 4 nitrogen and oxygen atoms in total. The zero-order chi connectivity index (χ0) is 14.7. The first-order chi connectivity index (χ1) is 9.54. The van der Waals surface area contributed by atoms with Crippen molar-refractivity contribution in [2.24, 2.45) is 0 Å². The molecule has 20 heavy (non-hydrogen) atoms. The number of hydrogen-bond donors (Lipinski definition) is 0. The number of ether oxygens (including phenoxy) is 1. The second-order valence-electron chi connectivity index (χ2n) is 4.14. The minimum atomic E-state index is -0.612. The van der Waals surface area contributed by atoms with E-state index in [0.717, 1.165) is 0 Å². The van der Waals surface area contributed by atoms with Crippen LogP contribution in [0, 0.1) is 22.9 Å². The number of nitro benzene ring substituents is 1. The van der Waals surface area contributed by atoms with Crippen LogP contribution in [-0.4, -0.2) is 4.92 Å². The second-order valence-corrected chi connectivity index (χ2v) is 4.41. The molecule has 2 rings (SSSR count). The SMILES string of the molecule is Cc1cccc(Oc2c(F)cccc2CCl)c1[N+](=O)[O-]. The van der Waals surface area contributed by atoms with Crippen LogP contribution in [0.4, 0.5) is 10.1 Å². The molecule has 0 aliphatic rings. The summed E-state index contributed by atoms with van der Waals surface area (Å²) in [5.41, 5.74) is 0.690. The second kappa shape index (κ2) is 5.88. The van der Waals surface area contributed by atoms with Crippen molar-refractivity contribution in [1.82, 2.24) is 0 Å². The molecule has 2 aromatic rings. The van der Waals surface area contributed by atoms with Crippen molar-refractivity contribution in [3.05, 3.63) is 63.5 Å². The fraction of sp³-hybridized carbons (Fsp3) is 0.143. The van der Waals surface area contributed by atoms with Gasteiger partial charge in [0, 0.05) is 11.1 Å². The van der Waals surface area contributed by atoms with Crippen molar-refractivity contribution in [2.45, 2.75) is 12.8 Å². The molecular formula is C14H11ClFNO3. The molecule has 0 heterocycles.